The quantitative estimate of drug-likeness (QED) is 0.667. The summed E-state index contributed by atoms with van der Waals surface area (Å²) in [6.45, 7) is 4.42. The fourth-order valence-electron chi connectivity index (χ4n) is 3.14. The molecule has 0 aromatic rings. The zero-order valence-corrected chi connectivity index (χ0v) is 9.16. The van der Waals surface area contributed by atoms with Gasteiger partial charge in [0.1, 0.15) is 0 Å². The van der Waals surface area contributed by atoms with Crippen LogP contribution < -0.4 is 0 Å². The SMILES string of the molecule is CC=C1C[C@@H]2C[C@H]1CC2C=C(C)CO. The molecule has 2 saturated carbocycles. The molecule has 3 atom stereocenters. The lowest BCUT2D eigenvalue weighted by Crippen LogP contribution is -2.10. The molecule has 78 valence electrons. The van der Waals surface area contributed by atoms with E-state index < -0.39 is 0 Å². The van der Waals surface area contributed by atoms with Crippen molar-refractivity contribution in [2.75, 3.05) is 6.61 Å². The van der Waals surface area contributed by atoms with Crippen molar-refractivity contribution in [3.8, 4) is 0 Å². The van der Waals surface area contributed by atoms with Crippen molar-refractivity contribution in [2.45, 2.75) is 33.1 Å². The molecule has 0 aliphatic heterocycles. The molecule has 1 heteroatoms. The fourth-order valence-corrected chi connectivity index (χ4v) is 3.14. The normalized spacial score (nSPS) is 39.8. The summed E-state index contributed by atoms with van der Waals surface area (Å²) in [5, 5.41) is 8.98. The molecule has 0 amide bonds. The minimum absolute atomic E-state index is 0.227. The summed E-state index contributed by atoms with van der Waals surface area (Å²) >= 11 is 0. The van der Waals surface area contributed by atoms with Gasteiger partial charge in [-0.25, -0.2) is 0 Å². The average molecular weight is 192 g/mol. The van der Waals surface area contributed by atoms with Gasteiger partial charge in [0.2, 0.25) is 0 Å². The van der Waals surface area contributed by atoms with Crippen molar-refractivity contribution < 1.29 is 5.11 Å². The highest BCUT2D eigenvalue weighted by atomic mass is 16.3. The number of allylic oxidation sites excluding steroid dienone is 3. The van der Waals surface area contributed by atoms with E-state index in [9.17, 15) is 0 Å². The first-order valence-corrected chi connectivity index (χ1v) is 5.67. The predicted molar refractivity (Wildman–Crippen MR) is 58.9 cm³/mol. The number of aliphatic hydroxyl groups is 1. The summed E-state index contributed by atoms with van der Waals surface area (Å²) in [5.74, 6) is 2.47. The molecule has 0 radical (unpaired) electrons. The zero-order chi connectivity index (χ0) is 10.1. The van der Waals surface area contributed by atoms with E-state index in [0.29, 0.717) is 0 Å². The van der Waals surface area contributed by atoms with Gasteiger partial charge in [-0.05, 0) is 50.9 Å². The van der Waals surface area contributed by atoms with Gasteiger partial charge in [0.15, 0.2) is 0 Å². The predicted octanol–water partition coefficient (Wildman–Crippen LogP) is 2.92. The minimum atomic E-state index is 0.227. The molecule has 0 heterocycles. The molecule has 0 saturated heterocycles. The van der Waals surface area contributed by atoms with Crippen LogP contribution in [0.15, 0.2) is 23.3 Å². The van der Waals surface area contributed by atoms with E-state index in [1.54, 1.807) is 5.57 Å². The third kappa shape index (κ3) is 1.66. The highest BCUT2D eigenvalue weighted by molar-refractivity contribution is 5.21. The summed E-state index contributed by atoms with van der Waals surface area (Å²) in [6, 6.07) is 0. The van der Waals surface area contributed by atoms with Gasteiger partial charge >= 0.3 is 0 Å². The standard InChI is InChI=1S/C13H20O/c1-3-10-5-13-7-12(10)6-11(13)4-9(2)8-14/h3-4,11-14H,5-8H2,1-2H3/t11?,12-,13-/m1/s1. The van der Waals surface area contributed by atoms with Gasteiger partial charge in [-0.15, -0.1) is 0 Å². The monoisotopic (exact) mass is 192 g/mol. The molecule has 2 rings (SSSR count). The Hall–Kier alpha value is -0.560. The van der Waals surface area contributed by atoms with Crippen LogP contribution in [0, 0.1) is 17.8 Å². The van der Waals surface area contributed by atoms with E-state index in [-0.39, 0.29) is 6.61 Å². The van der Waals surface area contributed by atoms with Gasteiger partial charge in [-0.1, -0.05) is 23.3 Å². The first kappa shape index (κ1) is 9.97. The lowest BCUT2D eigenvalue weighted by Gasteiger charge is -2.21. The highest BCUT2D eigenvalue weighted by Crippen LogP contribution is 2.52. The van der Waals surface area contributed by atoms with Crippen molar-refractivity contribution in [3.05, 3.63) is 23.3 Å². The van der Waals surface area contributed by atoms with Crippen LogP contribution in [0.3, 0.4) is 0 Å². The molecule has 0 aromatic heterocycles. The fraction of sp³-hybridized carbons (Fsp3) is 0.692. The van der Waals surface area contributed by atoms with E-state index in [1.165, 1.54) is 19.3 Å². The van der Waals surface area contributed by atoms with Crippen molar-refractivity contribution in [1.82, 2.24) is 0 Å². The average Bonchev–Trinajstić information content (AvgIpc) is 2.75. The smallest absolute Gasteiger partial charge is 0.0639 e. The second kappa shape index (κ2) is 3.90. The Labute approximate surface area is 86.5 Å². The second-order valence-electron chi connectivity index (χ2n) is 4.83. The molecule has 2 bridgehead atoms. The first-order chi connectivity index (χ1) is 6.74. The van der Waals surface area contributed by atoms with Gasteiger partial charge in [-0.3, -0.25) is 0 Å². The second-order valence-corrected chi connectivity index (χ2v) is 4.83. The van der Waals surface area contributed by atoms with E-state index >= 15 is 0 Å². The number of fused-ring (bicyclic) bond motifs is 2. The van der Waals surface area contributed by atoms with Crippen LogP contribution in [0.5, 0.6) is 0 Å². The molecule has 1 N–H and O–H groups in total. The molecule has 2 fully saturated rings. The zero-order valence-electron chi connectivity index (χ0n) is 9.16. The number of rotatable bonds is 2. The molecule has 14 heavy (non-hydrogen) atoms. The Bertz CT molecular complexity index is 275. The molecule has 2 aliphatic rings. The third-order valence-corrected chi connectivity index (χ3v) is 3.89. The number of hydrogen-bond acceptors (Lipinski definition) is 1. The lowest BCUT2D eigenvalue weighted by molar-refractivity contribution is 0.328. The maximum atomic E-state index is 8.98. The number of hydrogen-bond donors (Lipinski definition) is 1. The van der Waals surface area contributed by atoms with Crippen LogP contribution in [-0.2, 0) is 0 Å². The summed E-state index contributed by atoms with van der Waals surface area (Å²) in [4.78, 5) is 0. The summed E-state index contributed by atoms with van der Waals surface area (Å²) in [5.41, 5.74) is 2.82. The third-order valence-electron chi connectivity index (χ3n) is 3.89. The Balaban J connectivity index is 2.03. The number of aliphatic hydroxyl groups excluding tert-OH is 1. The largest absolute Gasteiger partial charge is 0.392 e. The van der Waals surface area contributed by atoms with E-state index in [0.717, 1.165) is 23.3 Å². The molecular formula is C13H20O. The Morgan fingerprint density at radius 2 is 2.29 bits per heavy atom. The van der Waals surface area contributed by atoms with E-state index in [1.807, 2.05) is 6.92 Å². The van der Waals surface area contributed by atoms with Gasteiger partial charge in [0.05, 0.1) is 6.61 Å². The summed E-state index contributed by atoms with van der Waals surface area (Å²) in [6.07, 6.45) is 8.63. The summed E-state index contributed by atoms with van der Waals surface area (Å²) < 4.78 is 0. The molecule has 0 aromatic carbocycles. The van der Waals surface area contributed by atoms with Crippen molar-refractivity contribution in [3.63, 3.8) is 0 Å². The minimum Gasteiger partial charge on any atom is -0.392 e. The highest BCUT2D eigenvalue weighted by Gasteiger charge is 2.40. The lowest BCUT2D eigenvalue weighted by atomic mass is 9.85. The Kier molecular flexibility index (Phi) is 2.78. The topological polar surface area (TPSA) is 20.2 Å². The van der Waals surface area contributed by atoms with Crippen molar-refractivity contribution in [2.24, 2.45) is 17.8 Å². The van der Waals surface area contributed by atoms with Crippen LogP contribution in [0.4, 0.5) is 0 Å². The van der Waals surface area contributed by atoms with Crippen LogP contribution in [0.25, 0.3) is 0 Å². The van der Waals surface area contributed by atoms with Crippen LogP contribution in [-0.4, -0.2) is 11.7 Å². The van der Waals surface area contributed by atoms with Crippen LogP contribution in [0.1, 0.15) is 33.1 Å². The van der Waals surface area contributed by atoms with Crippen LogP contribution in [0.2, 0.25) is 0 Å². The van der Waals surface area contributed by atoms with Gasteiger partial charge in [-0.2, -0.15) is 0 Å². The van der Waals surface area contributed by atoms with Crippen molar-refractivity contribution >= 4 is 0 Å². The van der Waals surface area contributed by atoms with E-state index in [2.05, 4.69) is 19.1 Å². The molecular weight excluding hydrogens is 172 g/mol. The molecule has 1 nitrogen and oxygen atoms in total. The van der Waals surface area contributed by atoms with Gasteiger partial charge in [0, 0.05) is 0 Å². The van der Waals surface area contributed by atoms with Crippen LogP contribution >= 0.6 is 0 Å². The van der Waals surface area contributed by atoms with Crippen molar-refractivity contribution in [1.29, 1.82) is 0 Å². The maximum Gasteiger partial charge on any atom is 0.0639 e. The maximum absolute atomic E-state index is 8.98. The molecule has 2 aliphatic carbocycles. The first-order valence-electron chi connectivity index (χ1n) is 5.67. The Morgan fingerprint density at radius 1 is 1.50 bits per heavy atom. The molecule has 0 spiro atoms. The van der Waals surface area contributed by atoms with Gasteiger partial charge in [0.25, 0.3) is 0 Å². The Morgan fingerprint density at radius 3 is 2.79 bits per heavy atom. The van der Waals surface area contributed by atoms with Gasteiger partial charge < -0.3 is 5.11 Å². The molecule has 1 unspecified atom stereocenters. The summed E-state index contributed by atoms with van der Waals surface area (Å²) in [7, 11) is 0. The van der Waals surface area contributed by atoms with E-state index in [4.69, 9.17) is 5.11 Å².